The Morgan fingerprint density at radius 1 is 1.45 bits per heavy atom. The third kappa shape index (κ3) is 4.85. The van der Waals surface area contributed by atoms with Crippen LogP contribution in [-0.2, 0) is 17.8 Å². The zero-order valence-electron chi connectivity index (χ0n) is 12.5. The number of nitrogens with zero attached hydrogens (tertiary/aromatic N) is 1. The maximum atomic E-state index is 5.59. The van der Waals surface area contributed by atoms with Gasteiger partial charge in [0.2, 0.25) is 0 Å². The van der Waals surface area contributed by atoms with Gasteiger partial charge in [-0.3, -0.25) is 4.90 Å². The van der Waals surface area contributed by atoms with Gasteiger partial charge in [0.1, 0.15) is 0 Å². The highest BCUT2D eigenvalue weighted by Crippen LogP contribution is 2.21. The second-order valence-electron chi connectivity index (χ2n) is 5.52. The molecule has 1 aliphatic rings. The quantitative estimate of drug-likeness (QED) is 0.805. The Morgan fingerprint density at radius 2 is 2.30 bits per heavy atom. The predicted molar refractivity (Wildman–Crippen MR) is 86.8 cm³/mol. The average molecular weight is 341 g/mol. The Balaban J connectivity index is 1.91. The van der Waals surface area contributed by atoms with Gasteiger partial charge in [0.25, 0.3) is 0 Å². The standard InChI is InChI=1S/C16H25BrN2O/c1-3-6-18-10-14-4-5-15(16(17)9-14)12-19-7-8-20-13(2)11-19/h4-5,9,13,18H,3,6-8,10-12H2,1-2H3. The van der Waals surface area contributed by atoms with Crippen LogP contribution in [0.15, 0.2) is 22.7 Å². The third-order valence-corrected chi connectivity index (χ3v) is 4.33. The summed E-state index contributed by atoms with van der Waals surface area (Å²) in [6, 6.07) is 6.71. The molecule has 1 fully saturated rings. The Kier molecular flexibility index (Phi) is 6.49. The molecule has 20 heavy (non-hydrogen) atoms. The summed E-state index contributed by atoms with van der Waals surface area (Å²) in [5.74, 6) is 0. The normalized spacial score (nSPS) is 20.2. The first-order valence-corrected chi connectivity index (χ1v) is 8.30. The van der Waals surface area contributed by atoms with Gasteiger partial charge in [-0.1, -0.05) is 35.0 Å². The minimum Gasteiger partial charge on any atom is -0.376 e. The van der Waals surface area contributed by atoms with Gasteiger partial charge in [-0.05, 0) is 37.1 Å². The van der Waals surface area contributed by atoms with Crippen molar-refractivity contribution in [3.05, 3.63) is 33.8 Å². The van der Waals surface area contributed by atoms with Crippen molar-refractivity contribution in [1.29, 1.82) is 0 Å². The number of rotatable bonds is 6. The van der Waals surface area contributed by atoms with Gasteiger partial charge in [0.05, 0.1) is 12.7 Å². The molecule has 1 atom stereocenters. The van der Waals surface area contributed by atoms with Gasteiger partial charge in [0, 0.05) is 30.7 Å². The number of hydrogen-bond acceptors (Lipinski definition) is 3. The molecule has 0 radical (unpaired) electrons. The molecule has 0 aliphatic carbocycles. The second kappa shape index (κ2) is 8.13. The smallest absolute Gasteiger partial charge is 0.0674 e. The third-order valence-electron chi connectivity index (χ3n) is 3.59. The van der Waals surface area contributed by atoms with E-state index >= 15 is 0 Å². The molecule has 1 N–H and O–H groups in total. The SMILES string of the molecule is CCCNCc1ccc(CN2CCOC(C)C2)c(Br)c1. The Labute approximate surface area is 130 Å². The highest BCUT2D eigenvalue weighted by molar-refractivity contribution is 9.10. The molecule has 0 spiro atoms. The lowest BCUT2D eigenvalue weighted by molar-refractivity contribution is -0.0212. The van der Waals surface area contributed by atoms with E-state index in [0.717, 1.165) is 39.3 Å². The van der Waals surface area contributed by atoms with Crippen LogP contribution in [0, 0.1) is 0 Å². The van der Waals surface area contributed by atoms with Crippen molar-refractivity contribution in [3.63, 3.8) is 0 Å². The fraction of sp³-hybridized carbons (Fsp3) is 0.625. The van der Waals surface area contributed by atoms with Crippen LogP contribution in [0.4, 0.5) is 0 Å². The van der Waals surface area contributed by atoms with Crippen LogP contribution < -0.4 is 5.32 Å². The number of ether oxygens (including phenoxy) is 1. The fourth-order valence-electron chi connectivity index (χ4n) is 2.51. The van der Waals surface area contributed by atoms with Crippen molar-refractivity contribution < 1.29 is 4.74 Å². The number of morpholine rings is 1. The van der Waals surface area contributed by atoms with E-state index in [2.05, 4.69) is 58.2 Å². The Hall–Kier alpha value is -0.420. The highest BCUT2D eigenvalue weighted by Gasteiger charge is 2.17. The van der Waals surface area contributed by atoms with Crippen LogP contribution in [0.2, 0.25) is 0 Å². The van der Waals surface area contributed by atoms with Crippen LogP contribution in [0.5, 0.6) is 0 Å². The minimum absolute atomic E-state index is 0.347. The summed E-state index contributed by atoms with van der Waals surface area (Å²) in [6.07, 6.45) is 1.52. The van der Waals surface area contributed by atoms with E-state index in [1.165, 1.54) is 22.0 Å². The predicted octanol–water partition coefficient (Wildman–Crippen LogP) is 3.17. The summed E-state index contributed by atoms with van der Waals surface area (Å²) < 4.78 is 6.80. The lowest BCUT2D eigenvalue weighted by Crippen LogP contribution is -2.40. The molecular weight excluding hydrogens is 316 g/mol. The largest absolute Gasteiger partial charge is 0.376 e. The molecule has 0 aromatic heterocycles. The topological polar surface area (TPSA) is 24.5 Å². The number of halogens is 1. The summed E-state index contributed by atoms with van der Waals surface area (Å²) >= 11 is 3.71. The van der Waals surface area contributed by atoms with Gasteiger partial charge in [-0.2, -0.15) is 0 Å². The van der Waals surface area contributed by atoms with Crippen LogP contribution >= 0.6 is 15.9 Å². The van der Waals surface area contributed by atoms with E-state index in [0.29, 0.717) is 6.10 Å². The molecule has 1 aliphatic heterocycles. The van der Waals surface area contributed by atoms with Gasteiger partial charge >= 0.3 is 0 Å². The van der Waals surface area contributed by atoms with Crippen molar-refractivity contribution in [2.75, 3.05) is 26.2 Å². The molecule has 0 amide bonds. The summed E-state index contributed by atoms with van der Waals surface area (Å²) in [4.78, 5) is 2.46. The van der Waals surface area contributed by atoms with Crippen molar-refractivity contribution in [1.82, 2.24) is 10.2 Å². The highest BCUT2D eigenvalue weighted by atomic mass is 79.9. The number of benzene rings is 1. The van der Waals surface area contributed by atoms with E-state index in [-0.39, 0.29) is 0 Å². The monoisotopic (exact) mass is 340 g/mol. The van der Waals surface area contributed by atoms with E-state index in [4.69, 9.17) is 4.74 Å². The molecule has 1 saturated heterocycles. The Bertz CT molecular complexity index is 425. The van der Waals surface area contributed by atoms with Crippen LogP contribution in [0.25, 0.3) is 0 Å². The molecule has 112 valence electrons. The zero-order valence-corrected chi connectivity index (χ0v) is 14.1. The molecular formula is C16H25BrN2O. The summed E-state index contributed by atoms with van der Waals surface area (Å²) in [7, 11) is 0. The molecule has 4 heteroatoms. The zero-order chi connectivity index (χ0) is 14.4. The maximum Gasteiger partial charge on any atom is 0.0674 e. The molecule has 0 bridgehead atoms. The van der Waals surface area contributed by atoms with Crippen molar-refractivity contribution in [3.8, 4) is 0 Å². The van der Waals surface area contributed by atoms with Gasteiger partial charge < -0.3 is 10.1 Å². The van der Waals surface area contributed by atoms with E-state index in [9.17, 15) is 0 Å². The first-order valence-electron chi connectivity index (χ1n) is 7.51. The summed E-state index contributed by atoms with van der Waals surface area (Å²) in [6.45, 7) is 10.2. The van der Waals surface area contributed by atoms with E-state index in [1.54, 1.807) is 0 Å². The molecule has 1 heterocycles. The van der Waals surface area contributed by atoms with E-state index < -0.39 is 0 Å². The molecule has 1 aromatic carbocycles. The minimum atomic E-state index is 0.347. The first-order chi connectivity index (χ1) is 9.69. The lowest BCUT2D eigenvalue weighted by Gasteiger charge is -2.31. The van der Waals surface area contributed by atoms with Crippen LogP contribution in [0.3, 0.4) is 0 Å². The fourth-order valence-corrected chi connectivity index (χ4v) is 3.07. The van der Waals surface area contributed by atoms with Crippen molar-refractivity contribution in [2.24, 2.45) is 0 Å². The average Bonchev–Trinajstić information content (AvgIpc) is 2.42. The molecule has 2 rings (SSSR count). The second-order valence-corrected chi connectivity index (χ2v) is 6.37. The number of hydrogen-bond donors (Lipinski definition) is 1. The number of nitrogens with one attached hydrogen (secondary N) is 1. The van der Waals surface area contributed by atoms with Crippen molar-refractivity contribution >= 4 is 15.9 Å². The van der Waals surface area contributed by atoms with Gasteiger partial charge in [-0.15, -0.1) is 0 Å². The molecule has 0 saturated carbocycles. The lowest BCUT2D eigenvalue weighted by atomic mass is 10.1. The van der Waals surface area contributed by atoms with Crippen molar-refractivity contribution in [2.45, 2.75) is 39.5 Å². The molecule has 3 nitrogen and oxygen atoms in total. The molecule has 1 unspecified atom stereocenters. The Morgan fingerprint density at radius 3 is 3.00 bits per heavy atom. The first kappa shape index (κ1) is 16.0. The van der Waals surface area contributed by atoms with E-state index in [1.807, 2.05) is 0 Å². The van der Waals surface area contributed by atoms with Crippen LogP contribution in [0.1, 0.15) is 31.4 Å². The molecule has 1 aromatic rings. The summed E-state index contributed by atoms with van der Waals surface area (Å²) in [5.41, 5.74) is 2.70. The van der Waals surface area contributed by atoms with Crippen LogP contribution in [-0.4, -0.2) is 37.2 Å². The van der Waals surface area contributed by atoms with Gasteiger partial charge in [-0.25, -0.2) is 0 Å². The maximum absolute atomic E-state index is 5.59. The van der Waals surface area contributed by atoms with Gasteiger partial charge in [0.15, 0.2) is 0 Å². The summed E-state index contributed by atoms with van der Waals surface area (Å²) in [5, 5.41) is 3.44.